The standard InChI is InChI=1S/C7H6BrN3/c8-7-5(3-9)6(10-11-7)4-1-2-4/h4H,1-2H2,(H,10,11). The SMILES string of the molecule is N#Cc1c(Br)n[nH]c1C1CC1. The number of nitriles is 1. The lowest BCUT2D eigenvalue weighted by atomic mass is 10.2. The Labute approximate surface area is 72.5 Å². The molecule has 1 aromatic rings. The first-order chi connectivity index (χ1) is 5.33. The van der Waals surface area contributed by atoms with E-state index in [2.05, 4.69) is 32.2 Å². The number of halogens is 1. The van der Waals surface area contributed by atoms with Gasteiger partial charge in [-0.2, -0.15) is 10.4 Å². The van der Waals surface area contributed by atoms with Gasteiger partial charge in [-0.15, -0.1) is 0 Å². The minimum absolute atomic E-state index is 0.559. The number of nitrogens with one attached hydrogen (secondary N) is 1. The quantitative estimate of drug-likeness (QED) is 0.772. The van der Waals surface area contributed by atoms with E-state index in [0.29, 0.717) is 16.1 Å². The van der Waals surface area contributed by atoms with E-state index in [1.165, 1.54) is 12.8 Å². The van der Waals surface area contributed by atoms with Crippen LogP contribution in [-0.2, 0) is 0 Å². The molecular weight excluding hydrogens is 206 g/mol. The third-order valence-corrected chi connectivity index (χ3v) is 2.42. The molecule has 1 saturated carbocycles. The fourth-order valence-corrected chi connectivity index (χ4v) is 1.50. The Morgan fingerprint density at radius 3 is 2.91 bits per heavy atom. The lowest BCUT2D eigenvalue weighted by molar-refractivity contribution is 0.958. The van der Waals surface area contributed by atoms with Crippen LogP contribution in [0.4, 0.5) is 0 Å². The summed E-state index contributed by atoms with van der Waals surface area (Å²) in [5.41, 5.74) is 1.67. The van der Waals surface area contributed by atoms with E-state index in [9.17, 15) is 0 Å². The monoisotopic (exact) mass is 211 g/mol. The maximum absolute atomic E-state index is 8.72. The first-order valence-corrected chi connectivity index (χ1v) is 4.26. The molecule has 0 aliphatic heterocycles. The summed E-state index contributed by atoms with van der Waals surface area (Å²) in [4.78, 5) is 0. The van der Waals surface area contributed by atoms with Gasteiger partial charge in [0.25, 0.3) is 0 Å². The van der Waals surface area contributed by atoms with Gasteiger partial charge in [0.05, 0.1) is 5.69 Å². The minimum Gasteiger partial charge on any atom is -0.280 e. The van der Waals surface area contributed by atoms with Gasteiger partial charge in [0.2, 0.25) is 0 Å². The van der Waals surface area contributed by atoms with Crippen LogP contribution in [0.2, 0.25) is 0 Å². The Balaban J connectivity index is 2.47. The summed E-state index contributed by atoms with van der Waals surface area (Å²) >= 11 is 3.21. The van der Waals surface area contributed by atoms with E-state index in [1.807, 2.05) is 0 Å². The zero-order chi connectivity index (χ0) is 7.84. The summed E-state index contributed by atoms with van der Waals surface area (Å²) in [6, 6.07) is 2.12. The van der Waals surface area contributed by atoms with Crippen molar-refractivity contribution in [3.05, 3.63) is 15.9 Å². The van der Waals surface area contributed by atoms with Gasteiger partial charge in [-0.05, 0) is 28.8 Å². The molecule has 0 unspecified atom stereocenters. The first kappa shape index (κ1) is 6.86. The molecule has 0 saturated heterocycles. The molecule has 0 radical (unpaired) electrons. The van der Waals surface area contributed by atoms with Gasteiger partial charge in [-0.3, -0.25) is 5.10 Å². The van der Waals surface area contributed by atoms with Crippen molar-refractivity contribution >= 4 is 15.9 Å². The topological polar surface area (TPSA) is 52.5 Å². The third kappa shape index (κ3) is 1.05. The fourth-order valence-electron chi connectivity index (χ4n) is 1.11. The second-order valence-corrected chi connectivity index (χ2v) is 3.44. The van der Waals surface area contributed by atoms with Crippen LogP contribution in [0, 0.1) is 11.3 Å². The molecule has 11 heavy (non-hydrogen) atoms. The molecule has 1 heterocycles. The molecule has 1 aliphatic rings. The summed E-state index contributed by atoms with van der Waals surface area (Å²) in [7, 11) is 0. The van der Waals surface area contributed by atoms with Crippen molar-refractivity contribution in [3.63, 3.8) is 0 Å². The molecule has 0 atom stereocenters. The minimum atomic E-state index is 0.559. The first-order valence-electron chi connectivity index (χ1n) is 3.46. The molecule has 0 amide bonds. The van der Waals surface area contributed by atoms with Crippen molar-refractivity contribution in [2.24, 2.45) is 0 Å². The van der Waals surface area contributed by atoms with Crippen LogP contribution in [0.15, 0.2) is 4.60 Å². The van der Waals surface area contributed by atoms with Gasteiger partial charge in [0.15, 0.2) is 0 Å². The lowest BCUT2D eigenvalue weighted by Crippen LogP contribution is -1.82. The number of rotatable bonds is 1. The Bertz CT molecular complexity index is 319. The maximum atomic E-state index is 8.72. The zero-order valence-electron chi connectivity index (χ0n) is 5.76. The molecule has 2 rings (SSSR count). The van der Waals surface area contributed by atoms with Gasteiger partial charge in [0, 0.05) is 5.92 Å². The molecule has 0 bridgehead atoms. The molecule has 3 nitrogen and oxygen atoms in total. The molecule has 1 aromatic heterocycles. The zero-order valence-corrected chi connectivity index (χ0v) is 7.35. The van der Waals surface area contributed by atoms with Crippen LogP contribution in [0.1, 0.15) is 30.0 Å². The fraction of sp³-hybridized carbons (Fsp3) is 0.429. The van der Waals surface area contributed by atoms with Crippen molar-refractivity contribution in [2.75, 3.05) is 0 Å². The van der Waals surface area contributed by atoms with Crippen molar-refractivity contribution < 1.29 is 0 Å². The Morgan fingerprint density at radius 1 is 1.64 bits per heavy atom. The number of aromatic nitrogens is 2. The molecule has 1 aliphatic carbocycles. The number of nitrogens with zero attached hydrogens (tertiary/aromatic N) is 2. The second kappa shape index (κ2) is 2.35. The molecule has 56 valence electrons. The van der Waals surface area contributed by atoms with Crippen LogP contribution in [0.25, 0.3) is 0 Å². The molecule has 1 fully saturated rings. The summed E-state index contributed by atoms with van der Waals surface area (Å²) < 4.78 is 0.641. The number of H-pyrrole nitrogens is 1. The van der Waals surface area contributed by atoms with E-state index < -0.39 is 0 Å². The molecular formula is C7H6BrN3. The lowest BCUT2D eigenvalue weighted by Gasteiger charge is -1.88. The van der Waals surface area contributed by atoms with Crippen molar-refractivity contribution in [1.82, 2.24) is 10.2 Å². The summed E-state index contributed by atoms with van der Waals surface area (Å²) in [6.07, 6.45) is 2.37. The summed E-state index contributed by atoms with van der Waals surface area (Å²) in [5, 5.41) is 15.5. The highest BCUT2D eigenvalue weighted by Crippen LogP contribution is 2.41. The van der Waals surface area contributed by atoms with Crippen molar-refractivity contribution in [3.8, 4) is 6.07 Å². The highest BCUT2D eigenvalue weighted by Gasteiger charge is 2.29. The molecule has 0 aromatic carbocycles. The van der Waals surface area contributed by atoms with Crippen molar-refractivity contribution in [1.29, 1.82) is 5.26 Å². The van der Waals surface area contributed by atoms with Gasteiger partial charge < -0.3 is 0 Å². The molecule has 1 N–H and O–H groups in total. The number of aromatic amines is 1. The number of hydrogen-bond acceptors (Lipinski definition) is 2. The van der Waals surface area contributed by atoms with E-state index in [1.54, 1.807) is 0 Å². The Morgan fingerprint density at radius 2 is 2.36 bits per heavy atom. The highest BCUT2D eigenvalue weighted by molar-refractivity contribution is 9.10. The number of hydrogen-bond donors (Lipinski definition) is 1. The predicted molar refractivity (Wildman–Crippen MR) is 43.0 cm³/mol. The predicted octanol–water partition coefficient (Wildman–Crippen LogP) is 1.92. The molecule has 0 spiro atoms. The van der Waals surface area contributed by atoms with Crippen LogP contribution in [0.5, 0.6) is 0 Å². The van der Waals surface area contributed by atoms with Gasteiger partial charge in [-0.25, -0.2) is 0 Å². The van der Waals surface area contributed by atoms with Gasteiger partial charge in [-0.1, -0.05) is 0 Å². The average Bonchev–Trinajstić information content (AvgIpc) is 2.76. The van der Waals surface area contributed by atoms with E-state index in [-0.39, 0.29) is 0 Å². The Kier molecular flexibility index (Phi) is 1.46. The van der Waals surface area contributed by atoms with Crippen LogP contribution >= 0.6 is 15.9 Å². The van der Waals surface area contributed by atoms with Gasteiger partial charge in [0.1, 0.15) is 16.2 Å². The van der Waals surface area contributed by atoms with E-state index >= 15 is 0 Å². The van der Waals surface area contributed by atoms with Crippen LogP contribution in [-0.4, -0.2) is 10.2 Å². The largest absolute Gasteiger partial charge is 0.280 e. The summed E-state index contributed by atoms with van der Waals surface area (Å²) in [5.74, 6) is 0.559. The second-order valence-electron chi connectivity index (χ2n) is 2.69. The smallest absolute Gasteiger partial charge is 0.145 e. The van der Waals surface area contributed by atoms with Crippen LogP contribution in [0.3, 0.4) is 0 Å². The normalized spacial score (nSPS) is 16.4. The molecule has 4 heteroatoms. The average molecular weight is 212 g/mol. The third-order valence-electron chi connectivity index (χ3n) is 1.85. The van der Waals surface area contributed by atoms with Crippen LogP contribution < -0.4 is 0 Å². The van der Waals surface area contributed by atoms with E-state index in [4.69, 9.17) is 5.26 Å². The van der Waals surface area contributed by atoms with Crippen molar-refractivity contribution in [2.45, 2.75) is 18.8 Å². The summed E-state index contributed by atoms with van der Waals surface area (Å²) in [6.45, 7) is 0. The highest BCUT2D eigenvalue weighted by atomic mass is 79.9. The van der Waals surface area contributed by atoms with E-state index in [0.717, 1.165) is 5.69 Å². The maximum Gasteiger partial charge on any atom is 0.145 e. The Hall–Kier alpha value is -0.820. The van der Waals surface area contributed by atoms with Gasteiger partial charge >= 0.3 is 0 Å².